The number of nitrogens with one attached hydrogen (secondary N) is 3. The molecule has 0 saturated heterocycles. The van der Waals surface area contributed by atoms with Crippen molar-refractivity contribution in [3.8, 4) is 0 Å². The van der Waals surface area contributed by atoms with E-state index in [9.17, 15) is 4.79 Å². The Balaban J connectivity index is 3.88. The first-order chi connectivity index (χ1) is 8.60. The summed E-state index contributed by atoms with van der Waals surface area (Å²) in [6.07, 6.45) is 0.437. The number of aliphatic imine (C=N–C) groups is 1. The number of nitrogens with zero attached hydrogens (tertiary/aromatic N) is 1. The minimum Gasteiger partial charge on any atom is -0.383 e. The van der Waals surface area contributed by atoms with E-state index in [1.54, 1.807) is 7.11 Å². The summed E-state index contributed by atoms with van der Waals surface area (Å²) in [5, 5.41) is 9.06. The normalized spacial score (nSPS) is 11.5. The van der Waals surface area contributed by atoms with E-state index in [1.165, 1.54) is 0 Å². The number of hydrogen-bond donors (Lipinski definition) is 3. The quantitative estimate of drug-likeness (QED) is 0.328. The van der Waals surface area contributed by atoms with Crippen molar-refractivity contribution in [3.05, 3.63) is 0 Å². The number of guanidine groups is 1. The maximum Gasteiger partial charge on any atom is 0.221 e. The molecule has 0 aliphatic heterocycles. The summed E-state index contributed by atoms with van der Waals surface area (Å²) in [6, 6.07) is 0.182. The van der Waals surface area contributed by atoms with E-state index in [0.717, 1.165) is 6.54 Å². The number of methoxy groups -OCH3 is 1. The zero-order valence-electron chi connectivity index (χ0n) is 11.9. The van der Waals surface area contributed by atoms with Gasteiger partial charge < -0.3 is 20.7 Å². The molecule has 0 atom stereocenters. The second-order valence-corrected chi connectivity index (χ2v) is 4.15. The molecule has 0 heterocycles. The van der Waals surface area contributed by atoms with Crippen LogP contribution in [0.3, 0.4) is 0 Å². The second-order valence-electron chi connectivity index (χ2n) is 4.15. The van der Waals surface area contributed by atoms with Gasteiger partial charge in [-0.05, 0) is 20.8 Å². The molecule has 0 aliphatic rings. The maximum absolute atomic E-state index is 11.4. The Morgan fingerprint density at radius 2 is 2.06 bits per heavy atom. The Bertz CT molecular complexity index is 254. The molecule has 0 rings (SSSR count). The van der Waals surface area contributed by atoms with Crippen molar-refractivity contribution < 1.29 is 9.53 Å². The molecule has 0 saturated carbocycles. The molecule has 0 bridgehead atoms. The summed E-state index contributed by atoms with van der Waals surface area (Å²) in [7, 11) is 1.64. The summed E-state index contributed by atoms with van der Waals surface area (Å²) in [6.45, 7) is 8.44. The number of rotatable bonds is 8. The highest BCUT2D eigenvalue weighted by atomic mass is 16.5. The SMILES string of the molecule is CCNC(=NCCOC)NCCC(=O)NC(C)C. The van der Waals surface area contributed by atoms with Crippen molar-refractivity contribution in [1.82, 2.24) is 16.0 Å². The lowest BCUT2D eigenvalue weighted by atomic mass is 10.3. The fourth-order valence-electron chi connectivity index (χ4n) is 1.28. The maximum atomic E-state index is 11.4. The van der Waals surface area contributed by atoms with Gasteiger partial charge in [-0.25, -0.2) is 0 Å². The van der Waals surface area contributed by atoms with E-state index in [0.29, 0.717) is 32.1 Å². The lowest BCUT2D eigenvalue weighted by molar-refractivity contribution is -0.121. The first-order valence-electron chi connectivity index (χ1n) is 6.40. The van der Waals surface area contributed by atoms with Crippen LogP contribution in [0.5, 0.6) is 0 Å². The Hall–Kier alpha value is -1.30. The molecule has 6 nitrogen and oxygen atoms in total. The zero-order valence-corrected chi connectivity index (χ0v) is 11.9. The molecular weight excluding hydrogens is 232 g/mol. The van der Waals surface area contributed by atoms with Crippen LogP contribution in [0.15, 0.2) is 4.99 Å². The van der Waals surface area contributed by atoms with Gasteiger partial charge in [0.25, 0.3) is 0 Å². The van der Waals surface area contributed by atoms with E-state index >= 15 is 0 Å². The molecule has 0 fully saturated rings. The van der Waals surface area contributed by atoms with E-state index in [-0.39, 0.29) is 11.9 Å². The molecule has 0 radical (unpaired) electrons. The second kappa shape index (κ2) is 10.8. The summed E-state index contributed by atoms with van der Waals surface area (Å²) in [5.41, 5.74) is 0. The van der Waals surface area contributed by atoms with Gasteiger partial charge in [-0.3, -0.25) is 9.79 Å². The number of carbonyl (C=O) groups excluding carboxylic acids is 1. The summed E-state index contributed by atoms with van der Waals surface area (Å²) >= 11 is 0. The molecule has 6 heteroatoms. The molecule has 0 aromatic rings. The minimum atomic E-state index is 0.0465. The highest BCUT2D eigenvalue weighted by Gasteiger charge is 2.03. The number of hydrogen-bond acceptors (Lipinski definition) is 3. The van der Waals surface area contributed by atoms with Crippen LogP contribution in [-0.4, -0.2) is 51.3 Å². The third kappa shape index (κ3) is 9.89. The fourth-order valence-corrected chi connectivity index (χ4v) is 1.28. The molecule has 106 valence electrons. The van der Waals surface area contributed by atoms with Crippen molar-refractivity contribution in [2.24, 2.45) is 4.99 Å². The summed E-state index contributed by atoms with van der Waals surface area (Å²) in [4.78, 5) is 15.7. The first kappa shape index (κ1) is 16.7. The number of ether oxygens (including phenoxy) is 1. The van der Waals surface area contributed by atoms with Crippen LogP contribution in [-0.2, 0) is 9.53 Å². The Morgan fingerprint density at radius 3 is 2.61 bits per heavy atom. The van der Waals surface area contributed by atoms with Crippen LogP contribution in [0.2, 0.25) is 0 Å². The van der Waals surface area contributed by atoms with Crippen molar-refractivity contribution in [1.29, 1.82) is 0 Å². The summed E-state index contributed by atoms with van der Waals surface area (Å²) < 4.78 is 4.93. The topological polar surface area (TPSA) is 74.8 Å². The van der Waals surface area contributed by atoms with Crippen LogP contribution in [0.1, 0.15) is 27.2 Å². The van der Waals surface area contributed by atoms with Gasteiger partial charge >= 0.3 is 0 Å². The van der Waals surface area contributed by atoms with Crippen LogP contribution in [0, 0.1) is 0 Å². The smallest absolute Gasteiger partial charge is 0.221 e. The Kier molecular flexibility index (Phi) is 10.0. The van der Waals surface area contributed by atoms with Gasteiger partial charge in [-0.2, -0.15) is 0 Å². The fraction of sp³-hybridized carbons (Fsp3) is 0.833. The molecule has 0 aromatic heterocycles. The molecule has 0 aliphatic carbocycles. The lowest BCUT2D eigenvalue weighted by Crippen LogP contribution is -2.40. The molecule has 0 aromatic carbocycles. The molecule has 3 N–H and O–H groups in total. The third-order valence-electron chi connectivity index (χ3n) is 2.00. The number of carbonyl (C=O) groups is 1. The Labute approximate surface area is 110 Å². The average molecular weight is 258 g/mol. The van der Waals surface area contributed by atoms with Gasteiger partial charge in [-0.15, -0.1) is 0 Å². The van der Waals surface area contributed by atoms with Gasteiger partial charge in [-0.1, -0.05) is 0 Å². The van der Waals surface area contributed by atoms with Gasteiger partial charge in [0.15, 0.2) is 5.96 Å². The number of amides is 1. The van der Waals surface area contributed by atoms with Crippen LogP contribution >= 0.6 is 0 Å². The largest absolute Gasteiger partial charge is 0.383 e. The summed E-state index contributed by atoms with van der Waals surface area (Å²) in [5.74, 6) is 0.761. The highest BCUT2D eigenvalue weighted by molar-refractivity contribution is 5.81. The van der Waals surface area contributed by atoms with Crippen molar-refractivity contribution >= 4 is 11.9 Å². The van der Waals surface area contributed by atoms with E-state index in [4.69, 9.17) is 4.74 Å². The monoisotopic (exact) mass is 258 g/mol. The highest BCUT2D eigenvalue weighted by Crippen LogP contribution is 1.83. The van der Waals surface area contributed by atoms with Gasteiger partial charge in [0, 0.05) is 32.7 Å². The van der Waals surface area contributed by atoms with Crippen molar-refractivity contribution in [3.63, 3.8) is 0 Å². The predicted molar refractivity (Wildman–Crippen MR) is 73.8 cm³/mol. The molecule has 0 spiro atoms. The molecule has 1 amide bonds. The Morgan fingerprint density at radius 1 is 1.33 bits per heavy atom. The molecule has 0 unspecified atom stereocenters. The van der Waals surface area contributed by atoms with Gasteiger partial charge in [0.2, 0.25) is 5.91 Å². The first-order valence-corrected chi connectivity index (χ1v) is 6.40. The molecule has 18 heavy (non-hydrogen) atoms. The van der Waals surface area contributed by atoms with Gasteiger partial charge in [0.05, 0.1) is 13.2 Å². The van der Waals surface area contributed by atoms with E-state index in [2.05, 4.69) is 20.9 Å². The molecular formula is C12H26N4O2. The third-order valence-corrected chi connectivity index (χ3v) is 2.00. The zero-order chi connectivity index (χ0) is 13.8. The van der Waals surface area contributed by atoms with E-state index < -0.39 is 0 Å². The van der Waals surface area contributed by atoms with E-state index in [1.807, 2.05) is 20.8 Å². The van der Waals surface area contributed by atoms with Crippen LogP contribution in [0.4, 0.5) is 0 Å². The minimum absolute atomic E-state index is 0.0465. The average Bonchev–Trinajstić information content (AvgIpc) is 2.28. The predicted octanol–water partition coefficient (Wildman–Crippen LogP) is 0.103. The van der Waals surface area contributed by atoms with Crippen LogP contribution < -0.4 is 16.0 Å². The van der Waals surface area contributed by atoms with Gasteiger partial charge in [0.1, 0.15) is 0 Å². The van der Waals surface area contributed by atoms with Crippen molar-refractivity contribution in [2.75, 3.05) is 33.4 Å². The standard InChI is InChI=1S/C12H26N4O2/c1-5-13-12(15-8-9-18-4)14-7-6-11(17)16-10(2)3/h10H,5-9H2,1-4H3,(H,16,17)(H2,13,14,15). The lowest BCUT2D eigenvalue weighted by Gasteiger charge is -2.12. The van der Waals surface area contributed by atoms with Crippen molar-refractivity contribution in [2.45, 2.75) is 33.2 Å². The van der Waals surface area contributed by atoms with Crippen LogP contribution in [0.25, 0.3) is 0 Å².